The Bertz CT molecular complexity index is 1090. The van der Waals surface area contributed by atoms with E-state index < -0.39 is 5.97 Å². The number of ether oxygens (including phenoxy) is 3. The molecule has 0 saturated carbocycles. The third-order valence-corrected chi connectivity index (χ3v) is 4.82. The molecule has 150 valence electrons. The molecule has 0 aliphatic carbocycles. The molecule has 3 heterocycles. The Morgan fingerprint density at radius 2 is 1.90 bits per heavy atom. The van der Waals surface area contributed by atoms with Crippen LogP contribution in [-0.4, -0.2) is 34.9 Å². The van der Waals surface area contributed by atoms with Gasteiger partial charge in [-0.3, -0.25) is 4.79 Å². The molecule has 1 aromatic carbocycles. The normalized spacial score (nSPS) is 12.2. The number of carbonyl (C=O) groups excluding carboxylic acids is 2. The van der Waals surface area contributed by atoms with Crippen LogP contribution in [0, 0.1) is 20.8 Å². The molecule has 4 rings (SSSR count). The van der Waals surface area contributed by atoms with Crippen molar-refractivity contribution in [3.05, 3.63) is 64.3 Å². The van der Waals surface area contributed by atoms with E-state index in [9.17, 15) is 9.59 Å². The summed E-state index contributed by atoms with van der Waals surface area (Å²) in [6.45, 7) is 5.94. The van der Waals surface area contributed by atoms with Crippen molar-refractivity contribution in [2.75, 3.05) is 13.4 Å². The van der Waals surface area contributed by atoms with Crippen LogP contribution in [0.3, 0.4) is 0 Å². The molecule has 1 aliphatic heterocycles. The number of aromatic nitrogens is 2. The summed E-state index contributed by atoms with van der Waals surface area (Å²) in [5.74, 6) is 0.432. The maximum Gasteiger partial charge on any atom is 0.377 e. The number of benzene rings is 1. The molecule has 0 atom stereocenters. The lowest BCUT2D eigenvalue weighted by atomic mass is 10.1. The molecule has 0 amide bonds. The Morgan fingerprint density at radius 1 is 1.10 bits per heavy atom. The smallest absolute Gasteiger partial charge is 0.377 e. The molecule has 0 radical (unpaired) electrons. The van der Waals surface area contributed by atoms with Crippen molar-refractivity contribution in [1.82, 2.24) is 9.72 Å². The number of hydrogen-bond acceptors (Lipinski definition) is 7. The minimum Gasteiger partial charge on any atom is -0.454 e. The minimum atomic E-state index is -0.715. The van der Waals surface area contributed by atoms with Crippen LogP contribution in [0.2, 0.25) is 0 Å². The van der Waals surface area contributed by atoms with E-state index in [1.54, 1.807) is 13.0 Å². The van der Waals surface area contributed by atoms with E-state index in [-0.39, 0.29) is 24.9 Å². The molecule has 0 saturated heterocycles. The Morgan fingerprint density at radius 3 is 2.66 bits per heavy atom. The first-order valence-corrected chi connectivity index (χ1v) is 9.11. The average molecular weight is 396 g/mol. The fraction of sp³-hybridized carbons (Fsp3) is 0.286. The minimum absolute atomic E-state index is 0.0245. The van der Waals surface area contributed by atoms with Crippen LogP contribution in [0.15, 0.2) is 34.9 Å². The first kappa shape index (κ1) is 18.8. The van der Waals surface area contributed by atoms with Crippen molar-refractivity contribution < 1.29 is 28.3 Å². The van der Waals surface area contributed by atoms with E-state index in [4.69, 9.17) is 18.7 Å². The molecular formula is C21H20N2O6. The van der Waals surface area contributed by atoms with Gasteiger partial charge in [0.15, 0.2) is 18.1 Å². The van der Waals surface area contributed by atoms with Gasteiger partial charge in [-0.05, 0) is 44.5 Å². The van der Waals surface area contributed by atoms with E-state index in [1.807, 2.05) is 36.6 Å². The molecule has 29 heavy (non-hydrogen) atoms. The summed E-state index contributed by atoms with van der Waals surface area (Å²) in [4.78, 5) is 24.6. The number of hydrogen-bond donors (Lipinski definition) is 0. The van der Waals surface area contributed by atoms with Gasteiger partial charge in [-0.1, -0.05) is 11.2 Å². The van der Waals surface area contributed by atoms with Gasteiger partial charge in [-0.25, -0.2) is 4.79 Å². The Hall–Kier alpha value is -3.55. The number of rotatable bonds is 6. The zero-order valence-electron chi connectivity index (χ0n) is 16.4. The largest absolute Gasteiger partial charge is 0.454 e. The molecular weight excluding hydrogens is 376 g/mol. The van der Waals surface area contributed by atoms with Crippen LogP contribution in [0.25, 0.3) is 0 Å². The van der Waals surface area contributed by atoms with Crippen LogP contribution in [-0.2, 0) is 11.3 Å². The SMILES string of the molecule is Cc1cc(C(=O)OCC(=O)c2cc(C)n(Cc3ccc4c(c3)OCO4)c2C)on1. The lowest BCUT2D eigenvalue weighted by molar-refractivity contribution is 0.0435. The Balaban J connectivity index is 1.46. The van der Waals surface area contributed by atoms with Gasteiger partial charge in [0, 0.05) is 29.6 Å². The van der Waals surface area contributed by atoms with Gasteiger partial charge in [-0.15, -0.1) is 0 Å². The van der Waals surface area contributed by atoms with Gasteiger partial charge in [0.05, 0.1) is 5.69 Å². The number of aryl methyl sites for hydroxylation is 2. The quantitative estimate of drug-likeness (QED) is 0.466. The van der Waals surface area contributed by atoms with Crippen LogP contribution in [0.5, 0.6) is 11.5 Å². The topological polar surface area (TPSA) is 92.8 Å². The maximum atomic E-state index is 12.6. The fourth-order valence-corrected chi connectivity index (χ4v) is 3.29. The molecule has 8 nitrogen and oxygen atoms in total. The van der Waals surface area contributed by atoms with Crippen molar-refractivity contribution in [3.8, 4) is 11.5 Å². The van der Waals surface area contributed by atoms with Gasteiger partial charge in [0.2, 0.25) is 18.3 Å². The highest BCUT2D eigenvalue weighted by Gasteiger charge is 2.20. The molecule has 0 N–H and O–H groups in total. The highest BCUT2D eigenvalue weighted by atomic mass is 16.7. The molecule has 2 aromatic heterocycles. The molecule has 1 aliphatic rings. The molecule has 0 bridgehead atoms. The summed E-state index contributed by atoms with van der Waals surface area (Å²) in [5, 5.41) is 3.63. The first-order chi connectivity index (χ1) is 13.9. The summed E-state index contributed by atoms with van der Waals surface area (Å²) < 4.78 is 22.7. The van der Waals surface area contributed by atoms with Gasteiger partial charge in [0.25, 0.3) is 0 Å². The third kappa shape index (κ3) is 3.73. The van der Waals surface area contributed by atoms with Crippen LogP contribution in [0.4, 0.5) is 0 Å². The molecule has 0 unspecified atom stereocenters. The van der Waals surface area contributed by atoms with Crippen molar-refractivity contribution >= 4 is 11.8 Å². The Kier molecular flexibility index (Phi) is 4.84. The average Bonchev–Trinajstić information content (AvgIpc) is 3.41. The number of Topliss-reactive ketones (excluding diaryl/α,β-unsaturated/α-hetero) is 1. The second-order valence-electron chi connectivity index (χ2n) is 6.89. The number of ketones is 1. The number of carbonyl (C=O) groups is 2. The standard InChI is InChI=1S/C21H20N2O6/c1-12-6-20(29-22-12)21(25)26-10-17(24)16-7-13(2)23(14(16)3)9-15-4-5-18-19(8-15)28-11-27-18/h4-8H,9-11H2,1-3H3. The zero-order chi connectivity index (χ0) is 20.5. The predicted octanol–water partition coefficient (Wildman–Crippen LogP) is 3.22. The van der Waals surface area contributed by atoms with Gasteiger partial charge in [-0.2, -0.15) is 0 Å². The summed E-state index contributed by atoms with van der Waals surface area (Å²) in [5.41, 5.74) is 3.85. The summed E-state index contributed by atoms with van der Waals surface area (Å²) in [6.07, 6.45) is 0. The summed E-state index contributed by atoms with van der Waals surface area (Å²) in [6, 6.07) is 9.04. The van der Waals surface area contributed by atoms with Crippen molar-refractivity contribution in [1.29, 1.82) is 0 Å². The second kappa shape index (κ2) is 7.46. The fourth-order valence-electron chi connectivity index (χ4n) is 3.29. The monoisotopic (exact) mass is 396 g/mol. The molecule has 0 fully saturated rings. The van der Waals surface area contributed by atoms with Gasteiger partial charge < -0.3 is 23.3 Å². The second-order valence-corrected chi connectivity index (χ2v) is 6.89. The van der Waals surface area contributed by atoms with E-state index in [2.05, 4.69) is 5.16 Å². The first-order valence-electron chi connectivity index (χ1n) is 9.11. The molecule has 3 aromatic rings. The summed E-state index contributed by atoms with van der Waals surface area (Å²) in [7, 11) is 0. The van der Waals surface area contributed by atoms with E-state index in [1.165, 1.54) is 6.07 Å². The lowest BCUT2D eigenvalue weighted by Crippen LogP contribution is -2.15. The maximum absolute atomic E-state index is 12.6. The van der Waals surface area contributed by atoms with Crippen molar-refractivity contribution in [2.45, 2.75) is 27.3 Å². The molecule has 8 heteroatoms. The Labute approximate surface area is 167 Å². The van der Waals surface area contributed by atoms with Crippen molar-refractivity contribution in [2.24, 2.45) is 0 Å². The number of nitrogens with zero attached hydrogens (tertiary/aromatic N) is 2. The lowest BCUT2D eigenvalue weighted by Gasteiger charge is -2.10. The summed E-state index contributed by atoms with van der Waals surface area (Å²) >= 11 is 0. The highest BCUT2D eigenvalue weighted by molar-refractivity contribution is 6.00. The van der Waals surface area contributed by atoms with Crippen molar-refractivity contribution in [3.63, 3.8) is 0 Å². The molecule has 0 spiro atoms. The van der Waals surface area contributed by atoms with E-state index >= 15 is 0 Å². The third-order valence-electron chi connectivity index (χ3n) is 4.82. The number of fused-ring (bicyclic) bond motifs is 1. The van der Waals surface area contributed by atoms with Crippen LogP contribution < -0.4 is 9.47 Å². The van der Waals surface area contributed by atoms with Gasteiger partial charge in [0.1, 0.15) is 0 Å². The van der Waals surface area contributed by atoms with Crippen LogP contribution in [0.1, 0.15) is 43.6 Å². The van der Waals surface area contributed by atoms with E-state index in [0.717, 1.165) is 28.5 Å². The van der Waals surface area contributed by atoms with Gasteiger partial charge >= 0.3 is 5.97 Å². The van der Waals surface area contributed by atoms with E-state index in [0.29, 0.717) is 17.8 Å². The van der Waals surface area contributed by atoms with Crippen LogP contribution >= 0.6 is 0 Å². The number of esters is 1. The predicted molar refractivity (Wildman–Crippen MR) is 101 cm³/mol. The zero-order valence-corrected chi connectivity index (χ0v) is 16.4. The highest BCUT2D eigenvalue weighted by Crippen LogP contribution is 2.33.